The lowest BCUT2D eigenvalue weighted by atomic mass is 10.2. The first kappa shape index (κ1) is 15.1. The van der Waals surface area contributed by atoms with Crippen molar-refractivity contribution in [1.29, 1.82) is 0 Å². The van der Waals surface area contributed by atoms with Crippen molar-refractivity contribution in [3.05, 3.63) is 29.8 Å². The minimum atomic E-state index is -4.65. The lowest BCUT2D eigenvalue weighted by Gasteiger charge is -2.10. The Hall–Kier alpha value is -0.940. The normalized spacial score (nSPS) is 13.4. The molecule has 6 heteroatoms. The number of hydrogen-bond acceptors (Lipinski definition) is 2. The Morgan fingerprint density at radius 1 is 1.28 bits per heavy atom. The summed E-state index contributed by atoms with van der Waals surface area (Å²) in [4.78, 5) is 0. The monoisotopic (exact) mass is 281 g/mol. The third kappa shape index (κ3) is 6.12. The standard InChI is InChI=1S/C12H15ClF3NO/c1-2-10(13)8-17-7-9-3-5-11(6-4-9)18-12(14,15)16/h3-6,10,17H,2,7-8H2,1H3. The van der Waals surface area contributed by atoms with E-state index in [1.165, 1.54) is 12.1 Å². The molecule has 1 atom stereocenters. The average Bonchev–Trinajstić information content (AvgIpc) is 2.29. The van der Waals surface area contributed by atoms with Gasteiger partial charge in [-0.1, -0.05) is 19.1 Å². The largest absolute Gasteiger partial charge is 0.573 e. The summed E-state index contributed by atoms with van der Waals surface area (Å²) in [6.07, 6.45) is -3.78. The van der Waals surface area contributed by atoms with Crippen molar-refractivity contribution in [3.63, 3.8) is 0 Å². The van der Waals surface area contributed by atoms with Crippen molar-refractivity contribution in [1.82, 2.24) is 5.32 Å². The first-order valence-corrected chi connectivity index (χ1v) is 6.04. The number of nitrogens with one attached hydrogen (secondary N) is 1. The lowest BCUT2D eigenvalue weighted by molar-refractivity contribution is -0.274. The fourth-order valence-electron chi connectivity index (χ4n) is 1.33. The Morgan fingerprint density at radius 3 is 2.39 bits per heavy atom. The maximum atomic E-state index is 11.9. The number of ether oxygens (including phenoxy) is 1. The quantitative estimate of drug-likeness (QED) is 0.803. The fraction of sp³-hybridized carbons (Fsp3) is 0.500. The molecule has 0 aliphatic carbocycles. The summed E-state index contributed by atoms with van der Waals surface area (Å²) in [5.74, 6) is -0.213. The second-order valence-corrected chi connectivity index (χ2v) is 4.45. The second kappa shape index (κ2) is 6.85. The summed E-state index contributed by atoms with van der Waals surface area (Å²) in [7, 11) is 0. The number of rotatable bonds is 6. The van der Waals surface area contributed by atoms with Crippen LogP contribution >= 0.6 is 11.6 Å². The van der Waals surface area contributed by atoms with Crippen LogP contribution in [0, 0.1) is 0 Å². The first-order chi connectivity index (χ1) is 8.40. The van der Waals surface area contributed by atoms with E-state index in [9.17, 15) is 13.2 Å². The Labute approximate surface area is 109 Å². The Morgan fingerprint density at radius 2 is 1.89 bits per heavy atom. The summed E-state index contributed by atoms with van der Waals surface area (Å²) in [5, 5.41) is 3.19. The highest BCUT2D eigenvalue weighted by atomic mass is 35.5. The maximum Gasteiger partial charge on any atom is 0.573 e. The van der Waals surface area contributed by atoms with E-state index in [0.29, 0.717) is 13.1 Å². The van der Waals surface area contributed by atoms with Crippen LogP contribution in [0.25, 0.3) is 0 Å². The van der Waals surface area contributed by atoms with Gasteiger partial charge in [-0.2, -0.15) is 0 Å². The van der Waals surface area contributed by atoms with E-state index in [4.69, 9.17) is 11.6 Å². The van der Waals surface area contributed by atoms with Gasteiger partial charge in [-0.25, -0.2) is 0 Å². The van der Waals surface area contributed by atoms with Crippen molar-refractivity contribution < 1.29 is 17.9 Å². The van der Waals surface area contributed by atoms with Crippen LogP contribution in [0.2, 0.25) is 0 Å². The van der Waals surface area contributed by atoms with Gasteiger partial charge >= 0.3 is 6.36 Å². The molecular weight excluding hydrogens is 267 g/mol. The average molecular weight is 282 g/mol. The van der Waals surface area contributed by atoms with Gasteiger partial charge in [-0.3, -0.25) is 0 Å². The summed E-state index contributed by atoms with van der Waals surface area (Å²) in [6, 6.07) is 5.76. The van der Waals surface area contributed by atoms with Gasteiger partial charge in [0, 0.05) is 18.5 Å². The molecule has 0 radical (unpaired) electrons. The molecule has 18 heavy (non-hydrogen) atoms. The predicted octanol–water partition coefficient (Wildman–Crippen LogP) is 3.69. The SMILES string of the molecule is CCC(Cl)CNCc1ccc(OC(F)(F)F)cc1. The zero-order valence-corrected chi connectivity index (χ0v) is 10.7. The molecule has 0 fully saturated rings. The van der Waals surface area contributed by atoms with Gasteiger partial charge < -0.3 is 10.1 Å². The van der Waals surface area contributed by atoms with Crippen LogP contribution in [-0.4, -0.2) is 18.3 Å². The molecule has 1 rings (SSSR count). The third-order valence-electron chi connectivity index (χ3n) is 2.29. The molecule has 1 unspecified atom stereocenters. The van der Waals surface area contributed by atoms with E-state index in [-0.39, 0.29) is 11.1 Å². The lowest BCUT2D eigenvalue weighted by Crippen LogP contribution is -2.22. The van der Waals surface area contributed by atoms with Gasteiger partial charge in [-0.15, -0.1) is 24.8 Å². The molecule has 102 valence electrons. The summed E-state index contributed by atoms with van der Waals surface area (Å²) in [6.45, 7) is 3.22. The number of halogens is 4. The molecule has 0 amide bonds. The van der Waals surface area contributed by atoms with Crippen LogP contribution in [-0.2, 0) is 6.54 Å². The minimum absolute atomic E-state index is 0.0674. The number of alkyl halides is 4. The van der Waals surface area contributed by atoms with Crippen LogP contribution in [0.3, 0.4) is 0 Å². The summed E-state index contributed by atoms with van der Waals surface area (Å²) >= 11 is 5.92. The zero-order chi connectivity index (χ0) is 13.6. The smallest absolute Gasteiger partial charge is 0.406 e. The van der Waals surface area contributed by atoms with Crippen LogP contribution in [0.4, 0.5) is 13.2 Å². The van der Waals surface area contributed by atoms with Crippen molar-refractivity contribution in [3.8, 4) is 5.75 Å². The molecule has 0 spiro atoms. The van der Waals surface area contributed by atoms with Crippen molar-refractivity contribution in [2.24, 2.45) is 0 Å². The van der Waals surface area contributed by atoms with Gasteiger partial charge in [0.25, 0.3) is 0 Å². The van der Waals surface area contributed by atoms with E-state index in [0.717, 1.165) is 12.0 Å². The van der Waals surface area contributed by atoms with Crippen LogP contribution in [0.1, 0.15) is 18.9 Å². The molecule has 0 saturated heterocycles. The molecule has 0 aliphatic heterocycles. The van der Waals surface area contributed by atoms with Gasteiger partial charge in [0.05, 0.1) is 0 Å². The van der Waals surface area contributed by atoms with Gasteiger partial charge in [0.15, 0.2) is 0 Å². The second-order valence-electron chi connectivity index (χ2n) is 3.83. The zero-order valence-electron chi connectivity index (χ0n) is 9.93. The van der Waals surface area contributed by atoms with Crippen LogP contribution in [0.15, 0.2) is 24.3 Å². The Balaban J connectivity index is 2.41. The molecule has 0 saturated carbocycles. The predicted molar refractivity (Wildman–Crippen MR) is 64.8 cm³/mol. The topological polar surface area (TPSA) is 21.3 Å². The van der Waals surface area contributed by atoms with E-state index < -0.39 is 6.36 Å². The van der Waals surface area contributed by atoms with Gasteiger partial charge in [0.2, 0.25) is 0 Å². The molecule has 0 aromatic heterocycles. The molecule has 1 aromatic carbocycles. The first-order valence-electron chi connectivity index (χ1n) is 5.60. The highest BCUT2D eigenvalue weighted by Crippen LogP contribution is 2.22. The molecule has 0 aliphatic rings. The molecule has 1 aromatic rings. The molecule has 1 N–H and O–H groups in total. The minimum Gasteiger partial charge on any atom is -0.406 e. The van der Waals surface area contributed by atoms with E-state index in [1.807, 2.05) is 6.92 Å². The summed E-state index contributed by atoms with van der Waals surface area (Å²) in [5.41, 5.74) is 0.879. The van der Waals surface area contributed by atoms with Gasteiger partial charge in [0.1, 0.15) is 5.75 Å². The highest BCUT2D eigenvalue weighted by molar-refractivity contribution is 6.20. The van der Waals surface area contributed by atoms with Crippen molar-refractivity contribution in [2.75, 3.05) is 6.54 Å². The van der Waals surface area contributed by atoms with Gasteiger partial charge in [-0.05, 0) is 24.1 Å². The molecule has 0 heterocycles. The highest BCUT2D eigenvalue weighted by Gasteiger charge is 2.30. The van der Waals surface area contributed by atoms with Crippen molar-refractivity contribution >= 4 is 11.6 Å². The van der Waals surface area contributed by atoms with E-state index in [1.54, 1.807) is 12.1 Å². The molecule has 0 bridgehead atoms. The fourth-order valence-corrected chi connectivity index (χ4v) is 1.44. The number of benzene rings is 1. The third-order valence-corrected chi connectivity index (χ3v) is 2.76. The molecular formula is C12H15ClF3NO. The molecule has 2 nitrogen and oxygen atoms in total. The Kier molecular flexibility index (Phi) is 5.75. The van der Waals surface area contributed by atoms with E-state index in [2.05, 4.69) is 10.1 Å². The number of hydrogen-bond donors (Lipinski definition) is 1. The Bertz CT molecular complexity index is 353. The van der Waals surface area contributed by atoms with Crippen molar-refractivity contribution in [2.45, 2.75) is 31.6 Å². The maximum absolute atomic E-state index is 11.9. The van der Waals surface area contributed by atoms with E-state index >= 15 is 0 Å². The van der Waals surface area contributed by atoms with Crippen LogP contribution < -0.4 is 10.1 Å². The van der Waals surface area contributed by atoms with Crippen LogP contribution in [0.5, 0.6) is 5.75 Å². The summed E-state index contributed by atoms with van der Waals surface area (Å²) < 4.78 is 39.5.